The van der Waals surface area contributed by atoms with Gasteiger partial charge < -0.3 is 14.2 Å². The first-order chi connectivity index (χ1) is 18.2. The molecule has 200 valence electrons. The van der Waals surface area contributed by atoms with E-state index in [-0.39, 0.29) is 28.6 Å². The molecule has 0 aliphatic rings. The molecule has 0 radical (unpaired) electrons. The van der Waals surface area contributed by atoms with Crippen LogP contribution in [0.2, 0.25) is 0 Å². The zero-order chi connectivity index (χ0) is 27.7. The molecule has 0 saturated heterocycles. The first kappa shape index (κ1) is 28.5. The number of hydrogen-bond acceptors (Lipinski definition) is 8. The van der Waals surface area contributed by atoms with E-state index in [0.717, 1.165) is 17.7 Å². The number of hydrogen-bond donors (Lipinski definition) is 1. The molecule has 3 rings (SSSR count). The molecule has 1 aromatic heterocycles. The molecular formula is C26H25F3N4O4S. The number of anilines is 1. The number of carbonyl (C=O) groups is 1. The number of carbonyl (C=O) groups excluding carboxylic acids is 1. The fourth-order valence-corrected chi connectivity index (χ4v) is 3.91. The van der Waals surface area contributed by atoms with Gasteiger partial charge in [-0.15, -0.1) is 10.2 Å². The van der Waals surface area contributed by atoms with Crippen molar-refractivity contribution in [3.63, 3.8) is 0 Å². The molecule has 1 amide bonds. The molecule has 3 aromatic rings. The second-order valence-corrected chi connectivity index (χ2v) is 8.97. The van der Waals surface area contributed by atoms with Gasteiger partial charge in [-0.25, -0.2) is 0 Å². The van der Waals surface area contributed by atoms with Gasteiger partial charge in [0.15, 0.2) is 11.5 Å². The van der Waals surface area contributed by atoms with Gasteiger partial charge in [-0.3, -0.25) is 10.1 Å². The Kier molecular flexibility index (Phi) is 9.67. The van der Waals surface area contributed by atoms with Crippen molar-refractivity contribution < 1.29 is 32.2 Å². The van der Waals surface area contributed by atoms with Crippen LogP contribution in [0.1, 0.15) is 42.3 Å². The van der Waals surface area contributed by atoms with Crippen molar-refractivity contribution in [1.82, 2.24) is 10.2 Å². The van der Waals surface area contributed by atoms with Crippen LogP contribution in [0.25, 0.3) is 6.08 Å². The fraction of sp³-hybridized carbons (Fsp3) is 0.308. The van der Waals surface area contributed by atoms with Crippen LogP contribution in [0.5, 0.6) is 17.2 Å². The number of alkyl halides is 3. The standard InChI is InChI=1S/C26H25F3N4O4S/c1-4-16(2)19-7-5-6-8-20(19)36-11-12-37-21-10-9-17(14-22(21)35-3)13-18(15-30)23(34)31-25-33-32-24(38-25)26(27,28)29/h5-10,13-14,16H,4,11-12H2,1-3H3,(H,31,33,34)/b18-13-. The van der Waals surface area contributed by atoms with Gasteiger partial charge in [0.1, 0.15) is 30.6 Å². The zero-order valence-corrected chi connectivity index (χ0v) is 21.7. The lowest BCUT2D eigenvalue weighted by molar-refractivity contribution is -0.138. The van der Waals surface area contributed by atoms with E-state index in [1.807, 2.05) is 24.3 Å². The van der Waals surface area contributed by atoms with E-state index in [4.69, 9.17) is 14.2 Å². The van der Waals surface area contributed by atoms with Crippen LogP contribution in [0, 0.1) is 11.3 Å². The summed E-state index contributed by atoms with van der Waals surface area (Å²) in [6, 6.07) is 14.4. The summed E-state index contributed by atoms with van der Waals surface area (Å²) in [6.45, 7) is 4.81. The number of halogens is 3. The van der Waals surface area contributed by atoms with E-state index >= 15 is 0 Å². The number of nitrogens with one attached hydrogen (secondary N) is 1. The van der Waals surface area contributed by atoms with E-state index in [2.05, 4.69) is 29.4 Å². The summed E-state index contributed by atoms with van der Waals surface area (Å²) in [4.78, 5) is 12.4. The number of benzene rings is 2. The predicted octanol–water partition coefficient (Wildman–Crippen LogP) is 6.08. The minimum absolute atomic E-state index is 0.159. The number of aromatic nitrogens is 2. The van der Waals surface area contributed by atoms with Gasteiger partial charge in [0, 0.05) is 0 Å². The van der Waals surface area contributed by atoms with Crippen LogP contribution in [-0.2, 0) is 11.0 Å². The van der Waals surface area contributed by atoms with Crippen molar-refractivity contribution in [1.29, 1.82) is 5.26 Å². The van der Waals surface area contributed by atoms with E-state index in [1.165, 1.54) is 13.2 Å². The van der Waals surface area contributed by atoms with Crippen molar-refractivity contribution in [2.24, 2.45) is 0 Å². The highest BCUT2D eigenvalue weighted by Gasteiger charge is 2.35. The summed E-state index contributed by atoms with van der Waals surface area (Å²) < 4.78 is 55.2. The smallest absolute Gasteiger partial charge is 0.445 e. The van der Waals surface area contributed by atoms with E-state index in [0.29, 0.717) is 29.6 Å². The molecule has 0 bridgehead atoms. The fourth-order valence-electron chi connectivity index (χ4n) is 3.30. The number of ether oxygens (including phenoxy) is 3. The van der Waals surface area contributed by atoms with Gasteiger partial charge in [0.2, 0.25) is 10.1 Å². The Morgan fingerprint density at radius 1 is 1.13 bits per heavy atom. The van der Waals surface area contributed by atoms with Crippen molar-refractivity contribution in [2.75, 3.05) is 25.6 Å². The summed E-state index contributed by atoms with van der Waals surface area (Å²) in [5, 5.41) is 16.2. The topological polar surface area (TPSA) is 106 Å². The number of nitrogens with zero attached hydrogens (tertiary/aromatic N) is 3. The monoisotopic (exact) mass is 546 g/mol. The lowest BCUT2D eigenvalue weighted by atomic mass is 9.98. The Bertz CT molecular complexity index is 1330. The molecule has 38 heavy (non-hydrogen) atoms. The van der Waals surface area contributed by atoms with Crippen molar-refractivity contribution in [3.8, 4) is 23.3 Å². The van der Waals surface area contributed by atoms with Gasteiger partial charge in [-0.2, -0.15) is 18.4 Å². The van der Waals surface area contributed by atoms with Crippen molar-refractivity contribution >= 4 is 28.5 Å². The van der Waals surface area contributed by atoms with Crippen LogP contribution < -0.4 is 19.5 Å². The SMILES string of the molecule is CCC(C)c1ccccc1OCCOc1ccc(/C=C(/C#N)C(=O)Nc2nnc(C(F)(F)F)s2)cc1OC. The highest BCUT2D eigenvalue weighted by molar-refractivity contribution is 7.15. The molecule has 1 N–H and O–H groups in total. The molecule has 1 heterocycles. The van der Waals surface area contributed by atoms with Gasteiger partial charge in [0.05, 0.1) is 7.11 Å². The predicted molar refractivity (Wildman–Crippen MR) is 136 cm³/mol. The maximum absolute atomic E-state index is 12.7. The third-order valence-corrected chi connectivity index (χ3v) is 6.30. The largest absolute Gasteiger partial charge is 0.493 e. The zero-order valence-electron chi connectivity index (χ0n) is 20.8. The van der Waals surface area contributed by atoms with Gasteiger partial charge in [-0.1, -0.05) is 49.4 Å². The average Bonchev–Trinajstić information content (AvgIpc) is 3.39. The highest BCUT2D eigenvalue weighted by Crippen LogP contribution is 2.33. The van der Waals surface area contributed by atoms with Crippen LogP contribution in [0.15, 0.2) is 48.0 Å². The molecule has 0 aliphatic carbocycles. The molecular weight excluding hydrogens is 521 g/mol. The number of nitriles is 1. The Morgan fingerprint density at radius 3 is 2.47 bits per heavy atom. The first-order valence-corrected chi connectivity index (χ1v) is 12.3. The maximum atomic E-state index is 12.7. The molecule has 1 atom stereocenters. The number of methoxy groups -OCH3 is 1. The molecule has 12 heteroatoms. The van der Waals surface area contributed by atoms with Crippen LogP contribution in [0.3, 0.4) is 0 Å². The van der Waals surface area contributed by atoms with Gasteiger partial charge >= 0.3 is 6.18 Å². The minimum Gasteiger partial charge on any atom is -0.493 e. The number of amides is 1. The third-order valence-electron chi connectivity index (χ3n) is 5.41. The minimum atomic E-state index is -4.68. The molecule has 2 aromatic carbocycles. The second-order valence-electron chi connectivity index (χ2n) is 7.99. The maximum Gasteiger partial charge on any atom is 0.445 e. The summed E-state index contributed by atoms with van der Waals surface area (Å²) >= 11 is 0.159. The van der Waals surface area contributed by atoms with Crippen LogP contribution >= 0.6 is 11.3 Å². The van der Waals surface area contributed by atoms with Gasteiger partial charge in [-0.05, 0) is 47.7 Å². The van der Waals surface area contributed by atoms with Crippen molar-refractivity contribution in [2.45, 2.75) is 32.4 Å². The molecule has 0 fully saturated rings. The van der Waals surface area contributed by atoms with E-state index in [1.54, 1.807) is 24.3 Å². The molecule has 0 spiro atoms. The van der Waals surface area contributed by atoms with E-state index in [9.17, 15) is 23.2 Å². The Morgan fingerprint density at radius 2 is 1.84 bits per heavy atom. The van der Waals surface area contributed by atoms with Crippen molar-refractivity contribution in [3.05, 3.63) is 64.2 Å². The van der Waals surface area contributed by atoms with E-state index < -0.39 is 17.1 Å². The summed E-state index contributed by atoms with van der Waals surface area (Å²) in [5.41, 5.74) is 1.22. The lowest BCUT2D eigenvalue weighted by Crippen LogP contribution is -2.13. The summed E-state index contributed by atoms with van der Waals surface area (Å²) in [7, 11) is 1.44. The lowest BCUT2D eigenvalue weighted by Gasteiger charge is -2.16. The van der Waals surface area contributed by atoms with Gasteiger partial charge in [0.25, 0.3) is 5.91 Å². The summed E-state index contributed by atoms with van der Waals surface area (Å²) in [5.74, 6) is 1.04. The second kappa shape index (κ2) is 12.9. The Balaban J connectivity index is 1.64. The normalized spacial score (nSPS) is 12.4. The number of rotatable bonds is 11. The molecule has 8 nitrogen and oxygen atoms in total. The Hall–Kier alpha value is -4.11. The highest BCUT2D eigenvalue weighted by atomic mass is 32.1. The summed E-state index contributed by atoms with van der Waals surface area (Å²) in [6.07, 6.45) is -2.42. The van der Waals surface area contributed by atoms with Crippen LogP contribution in [0.4, 0.5) is 18.3 Å². The van der Waals surface area contributed by atoms with Crippen LogP contribution in [-0.4, -0.2) is 36.4 Å². The quantitative estimate of drug-likeness (QED) is 0.176. The number of para-hydroxylation sites is 1. The molecule has 0 saturated carbocycles. The average molecular weight is 547 g/mol. The molecule has 1 unspecified atom stereocenters. The molecule has 0 aliphatic heterocycles. The third kappa shape index (κ3) is 7.45. The first-order valence-electron chi connectivity index (χ1n) is 11.5. The Labute approximate surface area is 221 Å².